The molecule has 0 radical (unpaired) electrons. The molecule has 2 nitrogen and oxygen atoms in total. The molecule has 1 rings (SSSR count). The fraction of sp³-hybridized carbons (Fsp3) is 0.600. The fourth-order valence-electron chi connectivity index (χ4n) is 0.746. The maximum absolute atomic E-state index is 12.0. The number of alkyl halides is 6. The lowest BCUT2D eigenvalue weighted by Crippen LogP contribution is -2.58. The van der Waals surface area contributed by atoms with Gasteiger partial charge in [-0.05, 0) is 0 Å². The Bertz CT molecular complexity index is 269. The van der Waals surface area contributed by atoms with E-state index in [1.54, 1.807) is 0 Å². The van der Waals surface area contributed by atoms with Crippen molar-refractivity contribution >= 4 is 0 Å². The maximum Gasteiger partial charge on any atom is 0.478 e. The summed E-state index contributed by atoms with van der Waals surface area (Å²) in [5.41, 5.74) is 0. The van der Waals surface area contributed by atoms with E-state index >= 15 is 0 Å². The van der Waals surface area contributed by atoms with Gasteiger partial charge in [0, 0.05) is 0 Å². The summed E-state index contributed by atoms with van der Waals surface area (Å²) in [6.45, 7) is 0. The van der Waals surface area contributed by atoms with Crippen molar-refractivity contribution in [3.8, 4) is 0 Å². The van der Waals surface area contributed by atoms with E-state index in [0.29, 0.717) is 0 Å². The van der Waals surface area contributed by atoms with Crippen LogP contribution in [0.2, 0.25) is 0 Å². The van der Waals surface area contributed by atoms with Gasteiger partial charge in [-0.15, -0.1) is 0 Å². The molecule has 0 fully saturated rings. The van der Waals surface area contributed by atoms with Gasteiger partial charge in [-0.25, -0.2) is 0 Å². The molecule has 0 aliphatic carbocycles. The van der Waals surface area contributed by atoms with Crippen LogP contribution in [-0.4, -0.2) is 18.1 Å². The lowest BCUT2D eigenvalue weighted by atomic mass is 10.2. The molecule has 0 amide bonds. The molecule has 1 heterocycles. The van der Waals surface area contributed by atoms with Crippen molar-refractivity contribution in [2.75, 3.05) is 0 Å². The van der Waals surface area contributed by atoms with Gasteiger partial charge in [-0.1, -0.05) is 0 Å². The third-order valence-electron chi connectivity index (χ3n) is 1.37. The zero-order valence-electron chi connectivity index (χ0n) is 6.34. The summed E-state index contributed by atoms with van der Waals surface area (Å²) in [5.74, 6) is -5.31. The number of hydrogen-bond acceptors (Lipinski definition) is 2. The Balaban J connectivity index is 3.16. The SMILES string of the molecule is FC1=C(F)OC(C(F)(F)F)(C(F)(F)F)O1. The number of ether oxygens (including phenoxy) is 2. The van der Waals surface area contributed by atoms with Crippen LogP contribution < -0.4 is 0 Å². The quantitative estimate of drug-likeness (QED) is 0.610. The Morgan fingerprint density at radius 2 is 1.00 bits per heavy atom. The standard InChI is InChI=1S/C5F8O2/c6-1-2(7)15-3(14-1,4(8,9)10)5(11,12)13. The first-order valence-corrected chi connectivity index (χ1v) is 3.08. The molecule has 0 N–H and O–H groups in total. The molecule has 10 heteroatoms. The highest BCUT2D eigenvalue weighted by atomic mass is 19.4. The summed E-state index contributed by atoms with van der Waals surface area (Å²) in [7, 11) is 0. The Morgan fingerprint density at radius 1 is 0.733 bits per heavy atom. The van der Waals surface area contributed by atoms with Crippen LogP contribution >= 0.6 is 0 Å². The molecular formula is C5F8O2. The topological polar surface area (TPSA) is 18.5 Å². The summed E-state index contributed by atoms with van der Waals surface area (Å²) in [6, 6.07) is -5.41. The molecule has 0 spiro atoms. The Kier molecular flexibility index (Phi) is 2.28. The van der Waals surface area contributed by atoms with E-state index in [4.69, 9.17) is 0 Å². The van der Waals surface area contributed by atoms with Crippen LogP contribution in [0.1, 0.15) is 0 Å². The van der Waals surface area contributed by atoms with Crippen molar-refractivity contribution in [3.05, 3.63) is 12.0 Å². The van der Waals surface area contributed by atoms with Crippen LogP contribution in [0.4, 0.5) is 35.1 Å². The minimum atomic E-state index is -6.17. The van der Waals surface area contributed by atoms with E-state index in [1.165, 1.54) is 0 Å². The van der Waals surface area contributed by atoms with Crippen LogP contribution in [0, 0.1) is 0 Å². The van der Waals surface area contributed by atoms with Crippen LogP contribution in [0.15, 0.2) is 12.0 Å². The molecule has 15 heavy (non-hydrogen) atoms. The monoisotopic (exact) mass is 244 g/mol. The van der Waals surface area contributed by atoms with Crippen molar-refractivity contribution in [1.82, 2.24) is 0 Å². The molecule has 0 atom stereocenters. The Labute approximate surface area is 76.1 Å². The normalized spacial score (nSPS) is 21.3. The highest BCUT2D eigenvalue weighted by molar-refractivity contribution is 5.02. The van der Waals surface area contributed by atoms with Crippen molar-refractivity contribution < 1.29 is 44.6 Å². The van der Waals surface area contributed by atoms with Crippen molar-refractivity contribution in [1.29, 1.82) is 0 Å². The van der Waals surface area contributed by atoms with Crippen molar-refractivity contribution in [2.45, 2.75) is 18.1 Å². The zero-order valence-corrected chi connectivity index (χ0v) is 6.34. The summed E-state index contributed by atoms with van der Waals surface area (Å²) in [5, 5.41) is 0. The summed E-state index contributed by atoms with van der Waals surface area (Å²) < 4.78 is 101. The molecule has 1 aliphatic heterocycles. The van der Waals surface area contributed by atoms with E-state index in [9.17, 15) is 35.1 Å². The largest absolute Gasteiger partial charge is 0.478 e. The first-order valence-electron chi connectivity index (χ1n) is 3.08. The smallest absolute Gasteiger partial charge is 0.408 e. The Morgan fingerprint density at radius 3 is 1.13 bits per heavy atom. The van der Waals surface area contributed by atoms with Gasteiger partial charge in [0.1, 0.15) is 0 Å². The van der Waals surface area contributed by atoms with Crippen molar-refractivity contribution in [3.63, 3.8) is 0 Å². The predicted molar refractivity (Wildman–Crippen MR) is 26.3 cm³/mol. The third kappa shape index (κ3) is 1.57. The highest BCUT2D eigenvalue weighted by Crippen LogP contribution is 2.52. The van der Waals surface area contributed by atoms with E-state index in [-0.39, 0.29) is 0 Å². The van der Waals surface area contributed by atoms with Gasteiger partial charge < -0.3 is 9.47 Å². The van der Waals surface area contributed by atoms with Crippen LogP contribution in [0.25, 0.3) is 0 Å². The van der Waals surface area contributed by atoms with E-state index in [1.807, 2.05) is 0 Å². The summed E-state index contributed by atoms with van der Waals surface area (Å²) >= 11 is 0. The minimum absolute atomic E-state index is 2.70. The van der Waals surface area contributed by atoms with E-state index in [0.717, 1.165) is 0 Å². The summed E-state index contributed by atoms with van der Waals surface area (Å²) in [4.78, 5) is 0. The molecule has 0 saturated heterocycles. The lowest BCUT2D eigenvalue weighted by Gasteiger charge is -2.30. The zero-order chi connectivity index (χ0) is 12.1. The molecule has 0 aromatic heterocycles. The molecule has 0 aromatic rings. The van der Waals surface area contributed by atoms with Gasteiger partial charge in [-0.2, -0.15) is 35.1 Å². The minimum Gasteiger partial charge on any atom is -0.408 e. The van der Waals surface area contributed by atoms with Gasteiger partial charge in [0.05, 0.1) is 0 Å². The third-order valence-corrected chi connectivity index (χ3v) is 1.37. The van der Waals surface area contributed by atoms with E-state index < -0.39 is 30.2 Å². The molecular weight excluding hydrogens is 244 g/mol. The van der Waals surface area contributed by atoms with Crippen LogP contribution in [0.3, 0.4) is 0 Å². The Hall–Kier alpha value is -1.22. The van der Waals surface area contributed by atoms with Gasteiger partial charge in [-0.3, -0.25) is 0 Å². The van der Waals surface area contributed by atoms with Gasteiger partial charge >= 0.3 is 30.2 Å². The van der Waals surface area contributed by atoms with Gasteiger partial charge in [0.15, 0.2) is 0 Å². The molecule has 88 valence electrons. The van der Waals surface area contributed by atoms with Gasteiger partial charge in [0.25, 0.3) is 0 Å². The van der Waals surface area contributed by atoms with Gasteiger partial charge in [0.2, 0.25) is 0 Å². The van der Waals surface area contributed by atoms with Crippen LogP contribution in [0.5, 0.6) is 0 Å². The second-order valence-corrected chi connectivity index (χ2v) is 2.36. The fourth-order valence-corrected chi connectivity index (χ4v) is 0.746. The second kappa shape index (κ2) is 2.89. The number of rotatable bonds is 0. The summed E-state index contributed by atoms with van der Waals surface area (Å²) in [6.07, 6.45) is -12.3. The highest BCUT2D eigenvalue weighted by Gasteiger charge is 2.80. The number of hydrogen-bond donors (Lipinski definition) is 0. The lowest BCUT2D eigenvalue weighted by molar-refractivity contribution is -0.442. The average Bonchev–Trinajstić information content (AvgIpc) is 2.26. The molecule has 0 aromatic carbocycles. The molecule has 0 bridgehead atoms. The number of halogens is 8. The first-order chi connectivity index (χ1) is 6.51. The van der Waals surface area contributed by atoms with Crippen molar-refractivity contribution in [2.24, 2.45) is 0 Å². The maximum atomic E-state index is 12.0. The molecule has 0 unspecified atom stereocenters. The molecule has 1 aliphatic rings. The predicted octanol–water partition coefficient (Wildman–Crippen LogP) is 2.92. The first kappa shape index (κ1) is 11.9. The van der Waals surface area contributed by atoms with E-state index in [2.05, 4.69) is 9.47 Å². The molecule has 0 saturated carbocycles. The van der Waals surface area contributed by atoms with Crippen LogP contribution in [-0.2, 0) is 9.47 Å². The average molecular weight is 244 g/mol. The second-order valence-electron chi connectivity index (χ2n) is 2.36.